The van der Waals surface area contributed by atoms with E-state index in [9.17, 15) is 4.79 Å². The van der Waals surface area contributed by atoms with Crippen molar-refractivity contribution in [2.45, 2.75) is 6.92 Å². The zero-order chi connectivity index (χ0) is 16.9. The van der Waals surface area contributed by atoms with Gasteiger partial charge in [-0.2, -0.15) is 0 Å². The van der Waals surface area contributed by atoms with Gasteiger partial charge in [0.15, 0.2) is 0 Å². The Morgan fingerprint density at radius 2 is 1.79 bits per heavy atom. The Balaban J connectivity index is 1.69. The molecule has 0 spiro atoms. The summed E-state index contributed by atoms with van der Waals surface area (Å²) in [4.78, 5) is 14.5. The molecule has 1 aliphatic rings. The van der Waals surface area contributed by atoms with Crippen molar-refractivity contribution < 1.29 is 9.53 Å². The van der Waals surface area contributed by atoms with Crippen LogP contribution in [0.25, 0.3) is 0 Å². The molecule has 0 atom stereocenters. The molecule has 1 heterocycles. The van der Waals surface area contributed by atoms with Crippen molar-refractivity contribution in [3.8, 4) is 0 Å². The monoisotopic (exact) mass is 345 g/mol. The molecule has 5 nitrogen and oxygen atoms in total. The number of halogens is 1. The molecule has 126 valence electrons. The Labute approximate surface area is 146 Å². The van der Waals surface area contributed by atoms with E-state index >= 15 is 0 Å². The number of hydrogen-bond acceptors (Lipinski definition) is 3. The zero-order valence-corrected chi connectivity index (χ0v) is 14.3. The highest BCUT2D eigenvalue weighted by Gasteiger charge is 2.13. The van der Waals surface area contributed by atoms with E-state index in [1.807, 2.05) is 19.1 Å². The normalized spacial score (nSPS) is 14.3. The van der Waals surface area contributed by atoms with Gasteiger partial charge in [-0.15, -0.1) is 0 Å². The molecule has 3 rings (SSSR count). The van der Waals surface area contributed by atoms with E-state index in [2.05, 4.69) is 21.6 Å². The molecule has 0 saturated carbocycles. The number of urea groups is 1. The van der Waals surface area contributed by atoms with E-state index in [0.29, 0.717) is 10.7 Å². The maximum Gasteiger partial charge on any atom is 0.323 e. The third-order valence-corrected chi connectivity index (χ3v) is 4.20. The lowest BCUT2D eigenvalue weighted by Gasteiger charge is -2.29. The molecule has 2 aromatic carbocycles. The van der Waals surface area contributed by atoms with Crippen molar-refractivity contribution in [1.29, 1.82) is 0 Å². The standard InChI is InChI=1S/C18H20ClN3O2/c1-13-2-7-16(22-8-10-24-11-9-22)12-17(13)21-18(23)20-15-5-3-14(19)4-6-15/h2-7,12H,8-11H2,1H3,(H2,20,21,23). The van der Waals surface area contributed by atoms with E-state index in [1.165, 1.54) is 0 Å². The van der Waals surface area contributed by atoms with Crippen molar-refractivity contribution in [3.05, 3.63) is 53.1 Å². The van der Waals surface area contributed by atoms with Crippen LogP contribution >= 0.6 is 11.6 Å². The number of rotatable bonds is 3. The highest BCUT2D eigenvalue weighted by molar-refractivity contribution is 6.30. The largest absolute Gasteiger partial charge is 0.378 e. The zero-order valence-electron chi connectivity index (χ0n) is 13.5. The number of amides is 2. The summed E-state index contributed by atoms with van der Waals surface area (Å²) in [5.74, 6) is 0. The summed E-state index contributed by atoms with van der Waals surface area (Å²) in [7, 11) is 0. The van der Waals surface area contributed by atoms with Crippen LogP contribution in [0.2, 0.25) is 5.02 Å². The van der Waals surface area contributed by atoms with Crippen LogP contribution < -0.4 is 15.5 Å². The lowest BCUT2D eigenvalue weighted by atomic mass is 10.1. The summed E-state index contributed by atoms with van der Waals surface area (Å²) >= 11 is 5.85. The highest BCUT2D eigenvalue weighted by atomic mass is 35.5. The van der Waals surface area contributed by atoms with Crippen LogP contribution in [0, 0.1) is 6.92 Å². The summed E-state index contributed by atoms with van der Waals surface area (Å²) in [6.07, 6.45) is 0. The molecule has 0 bridgehead atoms. The molecule has 2 aromatic rings. The summed E-state index contributed by atoms with van der Waals surface area (Å²) in [5, 5.41) is 6.35. The van der Waals surface area contributed by atoms with Gasteiger partial charge >= 0.3 is 6.03 Å². The molecule has 1 aliphatic heterocycles. The number of benzene rings is 2. The molecule has 0 radical (unpaired) electrons. The van der Waals surface area contributed by atoms with Crippen molar-refractivity contribution in [3.63, 3.8) is 0 Å². The first-order chi connectivity index (χ1) is 11.6. The smallest absolute Gasteiger partial charge is 0.323 e. The minimum Gasteiger partial charge on any atom is -0.378 e. The Bertz CT molecular complexity index is 713. The van der Waals surface area contributed by atoms with Gasteiger partial charge in [0.2, 0.25) is 0 Å². The number of morpholine rings is 1. The lowest BCUT2D eigenvalue weighted by Crippen LogP contribution is -2.36. The quantitative estimate of drug-likeness (QED) is 0.879. The van der Waals surface area contributed by atoms with Crippen molar-refractivity contribution in [2.75, 3.05) is 41.8 Å². The summed E-state index contributed by atoms with van der Waals surface area (Å²) in [5.41, 5.74) is 3.59. The van der Waals surface area contributed by atoms with Crippen LogP contribution in [0.4, 0.5) is 21.9 Å². The molecule has 2 amide bonds. The Morgan fingerprint density at radius 3 is 2.50 bits per heavy atom. The number of hydrogen-bond donors (Lipinski definition) is 2. The van der Waals surface area contributed by atoms with Crippen LogP contribution in [0.5, 0.6) is 0 Å². The number of aryl methyl sites for hydroxylation is 1. The highest BCUT2D eigenvalue weighted by Crippen LogP contribution is 2.24. The topological polar surface area (TPSA) is 53.6 Å². The first-order valence-electron chi connectivity index (χ1n) is 7.89. The Kier molecular flexibility index (Phi) is 5.23. The maximum atomic E-state index is 12.2. The SMILES string of the molecule is Cc1ccc(N2CCOCC2)cc1NC(=O)Nc1ccc(Cl)cc1. The van der Waals surface area contributed by atoms with Gasteiger partial charge in [-0.05, 0) is 48.9 Å². The van der Waals surface area contributed by atoms with Crippen LogP contribution in [-0.2, 0) is 4.74 Å². The predicted octanol–water partition coefficient (Wildman–Crippen LogP) is 4.13. The molecule has 0 aromatic heterocycles. The molecular weight excluding hydrogens is 326 g/mol. The Hall–Kier alpha value is -2.24. The predicted molar refractivity (Wildman–Crippen MR) is 98.3 cm³/mol. The van der Waals surface area contributed by atoms with E-state index in [4.69, 9.17) is 16.3 Å². The number of nitrogens with one attached hydrogen (secondary N) is 2. The molecular formula is C18H20ClN3O2. The molecule has 6 heteroatoms. The van der Waals surface area contributed by atoms with E-state index < -0.39 is 0 Å². The third kappa shape index (κ3) is 4.19. The number of ether oxygens (including phenoxy) is 1. The van der Waals surface area contributed by atoms with Gasteiger partial charge in [-0.25, -0.2) is 4.79 Å². The summed E-state index contributed by atoms with van der Waals surface area (Å²) in [6.45, 7) is 5.15. The first kappa shape index (κ1) is 16.6. The number of anilines is 3. The molecule has 24 heavy (non-hydrogen) atoms. The van der Waals surface area contributed by atoms with Crippen LogP contribution in [0.3, 0.4) is 0 Å². The summed E-state index contributed by atoms with van der Waals surface area (Å²) in [6, 6.07) is 12.8. The molecule has 2 N–H and O–H groups in total. The van der Waals surface area contributed by atoms with Crippen molar-refractivity contribution in [1.82, 2.24) is 0 Å². The fourth-order valence-electron chi connectivity index (χ4n) is 2.58. The van der Waals surface area contributed by atoms with Gasteiger partial charge in [-0.1, -0.05) is 17.7 Å². The van der Waals surface area contributed by atoms with Gasteiger partial charge in [0, 0.05) is 35.2 Å². The van der Waals surface area contributed by atoms with E-state index in [1.54, 1.807) is 24.3 Å². The lowest BCUT2D eigenvalue weighted by molar-refractivity contribution is 0.122. The molecule has 1 saturated heterocycles. The minimum atomic E-state index is -0.278. The van der Waals surface area contributed by atoms with Crippen LogP contribution in [0.1, 0.15) is 5.56 Å². The number of carbonyl (C=O) groups is 1. The Morgan fingerprint density at radius 1 is 1.08 bits per heavy atom. The summed E-state index contributed by atoms with van der Waals surface area (Å²) < 4.78 is 5.38. The first-order valence-corrected chi connectivity index (χ1v) is 8.26. The van der Waals surface area contributed by atoms with Crippen molar-refractivity contribution >= 4 is 34.7 Å². The van der Waals surface area contributed by atoms with Crippen molar-refractivity contribution in [2.24, 2.45) is 0 Å². The number of nitrogens with zero attached hydrogens (tertiary/aromatic N) is 1. The van der Waals surface area contributed by atoms with Gasteiger partial charge in [0.25, 0.3) is 0 Å². The number of carbonyl (C=O) groups excluding carboxylic acids is 1. The van der Waals surface area contributed by atoms with E-state index in [-0.39, 0.29) is 6.03 Å². The van der Waals surface area contributed by atoms with Crippen LogP contribution in [-0.4, -0.2) is 32.3 Å². The van der Waals surface area contributed by atoms with Crippen LogP contribution in [0.15, 0.2) is 42.5 Å². The third-order valence-electron chi connectivity index (χ3n) is 3.95. The molecule has 0 aliphatic carbocycles. The second kappa shape index (κ2) is 7.55. The average Bonchev–Trinajstić information content (AvgIpc) is 2.60. The minimum absolute atomic E-state index is 0.278. The molecule has 0 unspecified atom stereocenters. The fourth-order valence-corrected chi connectivity index (χ4v) is 2.71. The van der Waals surface area contributed by atoms with Gasteiger partial charge in [-0.3, -0.25) is 0 Å². The fraction of sp³-hybridized carbons (Fsp3) is 0.278. The van der Waals surface area contributed by atoms with Gasteiger partial charge in [0.05, 0.1) is 13.2 Å². The van der Waals surface area contributed by atoms with Gasteiger partial charge < -0.3 is 20.3 Å². The second-order valence-electron chi connectivity index (χ2n) is 5.68. The maximum absolute atomic E-state index is 12.2. The molecule has 1 fully saturated rings. The van der Waals surface area contributed by atoms with Gasteiger partial charge in [0.1, 0.15) is 0 Å². The van der Waals surface area contributed by atoms with E-state index in [0.717, 1.165) is 43.2 Å². The average molecular weight is 346 g/mol. The second-order valence-corrected chi connectivity index (χ2v) is 6.12.